The van der Waals surface area contributed by atoms with Crippen molar-refractivity contribution in [3.05, 3.63) is 34.5 Å². The number of phenols is 1. The molecule has 1 N–H and O–H groups in total. The number of unbranched alkanes of at least 4 members (excludes halogenated alkanes) is 2. The summed E-state index contributed by atoms with van der Waals surface area (Å²) in [4.78, 5) is 0. The van der Waals surface area contributed by atoms with E-state index in [1.807, 2.05) is 6.92 Å². The molecule has 0 radical (unpaired) electrons. The minimum atomic E-state index is 0.133. The lowest BCUT2D eigenvalue weighted by Crippen LogP contribution is -1.89. The quantitative estimate of drug-likeness (QED) is 0.692. The largest absolute Gasteiger partial charge is 0.507 e. The molecule has 0 fully saturated rings. The molecule has 1 aromatic heterocycles. The number of aryl methyl sites for hydroxylation is 2. The Kier molecular flexibility index (Phi) is 5.09. The van der Waals surface area contributed by atoms with Crippen LogP contribution in [-0.4, -0.2) is 14.9 Å². The molecule has 2 rings (SSSR count). The molecule has 0 atom stereocenters. The van der Waals surface area contributed by atoms with Crippen LogP contribution in [0, 0.1) is 30.1 Å². The molecular formula is C17H16ClN3O. The Hall–Kier alpha value is -2.43. The van der Waals surface area contributed by atoms with Gasteiger partial charge < -0.3 is 5.11 Å². The Labute approximate surface area is 135 Å². The Morgan fingerprint density at radius 1 is 1.36 bits per heavy atom. The molecule has 0 amide bonds. The van der Waals surface area contributed by atoms with Gasteiger partial charge in [0, 0.05) is 36.7 Å². The van der Waals surface area contributed by atoms with Crippen molar-refractivity contribution >= 4 is 11.6 Å². The van der Waals surface area contributed by atoms with Gasteiger partial charge in [0.25, 0.3) is 0 Å². The fraction of sp³-hybridized carbons (Fsp3) is 0.294. The van der Waals surface area contributed by atoms with Crippen LogP contribution in [0.15, 0.2) is 18.3 Å². The van der Waals surface area contributed by atoms with Crippen molar-refractivity contribution < 1.29 is 5.11 Å². The number of benzene rings is 1. The third-order valence-corrected chi connectivity index (χ3v) is 3.58. The van der Waals surface area contributed by atoms with E-state index in [2.05, 4.69) is 23.0 Å². The average Bonchev–Trinajstić information content (AvgIpc) is 2.83. The highest BCUT2D eigenvalue weighted by atomic mass is 35.5. The van der Waals surface area contributed by atoms with Gasteiger partial charge in [0.05, 0.1) is 11.6 Å². The third-order valence-electron chi connectivity index (χ3n) is 3.17. The number of phenolic OH excluding ortho intramolecular Hbond substituents is 1. The summed E-state index contributed by atoms with van der Waals surface area (Å²) in [7, 11) is 1.80. The second-order valence-corrected chi connectivity index (χ2v) is 5.40. The molecule has 1 aromatic carbocycles. The molecule has 0 spiro atoms. The number of nitrogens with zero attached hydrogens (tertiary/aromatic N) is 3. The molecule has 0 bridgehead atoms. The van der Waals surface area contributed by atoms with Gasteiger partial charge >= 0.3 is 0 Å². The lowest BCUT2D eigenvalue weighted by Gasteiger charge is -2.05. The summed E-state index contributed by atoms with van der Waals surface area (Å²) in [6.45, 7) is 1.83. The first-order valence-electron chi connectivity index (χ1n) is 6.92. The minimum Gasteiger partial charge on any atom is -0.507 e. The smallest absolute Gasteiger partial charge is 0.125 e. The molecule has 0 saturated heterocycles. The second kappa shape index (κ2) is 7.02. The Balaban J connectivity index is 2.37. The van der Waals surface area contributed by atoms with Crippen molar-refractivity contribution in [1.82, 2.24) is 9.78 Å². The van der Waals surface area contributed by atoms with E-state index in [4.69, 9.17) is 16.9 Å². The van der Waals surface area contributed by atoms with Crippen molar-refractivity contribution in [1.29, 1.82) is 5.26 Å². The van der Waals surface area contributed by atoms with Gasteiger partial charge in [-0.3, -0.25) is 4.68 Å². The second-order valence-electron chi connectivity index (χ2n) is 5.00. The molecule has 0 unspecified atom stereocenters. The number of aromatic hydroxyl groups is 1. The minimum absolute atomic E-state index is 0.133. The maximum atomic E-state index is 10.2. The fourth-order valence-electron chi connectivity index (χ4n) is 2.05. The predicted octanol–water partition coefficient (Wildman–Crippen LogP) is 3.80. The van der Waals surface area contributed by atoms with E-state index in [0.717, 1.165) is 17.5 Å². The SMILES string of the molecule is Cc1cc(O)c(-c2nn(C)cc2C#CCCCC#N)cc1Cl. The van der Waals surface area contributed by atoms with E-state index in [1.54, 1.807) is 30.1 Å². The highest BCUT2D eigenvalue weighted by Crippen LogP contribution is 2.34. The van der Waals surface area contributed by atoms with Crippen molar-refractivity contribution in [3.8, 4) is 34.9 Å². The fourth-order valence-corrected chi connectivity index (χ4v) is 2.21. The number of halogens is 1. The summed E-state index contributed by atoms with van der Waals surface area (Å²) in [5, 5.41) is 23.6. The number of hydrogen-bond acceptors (Lipinski definition) is 3. The molecule has 0 saturated carbocycles. The standard InChI is InChI=1S/C17H16ClN3O/c1-12-9-16(22)14(10-15(12)18)17-13(11-21(2)20-17)7-5-3-4-6-8-19/h9-11,22H,3-4,6H2,1-2H3. The zero-order valence-corrected chi connectivity index (χ0v) is 13.3. The first kappa shape index (κ1) is 15.9. The zero-order valence-electron chi connectivity index (χ0n) is 12.5. The summed E-state index contributed by atoms with van der Waals surface area (Å²) in [6.07, 6.45) is 3.71. The normalized spacial score (nSPS) is 9.91. The van der Waals surface area contributed by atoms with E-state index < -0.39 is 0 Å². The third kappa shape index (κ3) is 3.61. The molecule has 5 heteroatoms. The van der Waals surface area contributed by atoms with Crippen LogP contribution in [-0.2, 0) is 7.05 Å². The number of hydrogen-bond donors (Lipinski definition) is 1. The molecular weight excluding hydrogens is 298 g/mol. The number of aromatic nitrogens is 2. The van der Waals surface area contributed by atoms with Crippen LogP contribution in [0.4, 0.5) is 0 Å². The first-order valence-corrected chi connectivity index (χ1v) is 7.29. The highest BCUT2D eigenvalue weighted by Gasteiger charge is 2.14. The topological polar surface area (TPSA) is 61.8 Å². The Bertz CT molecular complexity index is 791. The lowest BCUT2D eigenvalue weighted by molar-refractivity contribution is 0.476. The Morgan fingerprint density at radius 2 is 2.14 bits per heavy atom. The van der Waals surface area contributed by atoms with Gasteiger partial charge in [-0.2, -0.15) is 10.4 Å². The monoisotopic (exact) mass is 313 g/mol. The summed E-state index contributed by atoms with van der Waals surface area (Å²) in [5.41, 5.74) is 2.71. The molecule has 4 nitrogen and oxygen atoms in total. The first-order chi connectivity index (χ1) is 10.5. The molecule has 0 aliphatic rings. The molecule has 0 aliphatic heterocycles. The van der Waals surface area contributed by atoms with E-state index in [9.17, 15) is 5.11 Å². The van der Waals surface area contributed by atoms with Gasteiger partial charge in [-0.1, -0.05) is 23.4 Å². The maximum absolute atomic E-state index is 10.2. The summed E-state index contributed by atoms with van der Waals surface area (Å²) >= 11 is 6.14. The molecule has 1 heterocycles. The van der Waals surface area contributed by atoms with Gasteiger partial charge in [0.15, 0.2) is 0 Å². The van der Waals surface area contributed by atoms with Crippen LogP contribution in [0.1, 0.15) is 30.4 Å². The highest BCUT2D eigenvalue weighted by molar-refractivity contribution is 6.31. The molecule has 2 aromatic rings. The number of nitriles is 1. The average molecular weight is 314 g/mol. The van der Waals surface area contributed by atoms with Gasteiger partial charge in [-0.05, 0) is 31.0 Å². The van der Waals surface area contributed by atoms with Gasteiger partial charge in [-0.15, -0.1) is 0 Å². The lowest BCUT2D eigenvalue weighted by atomic mass is 10.0. The van der Waals surface area contributed by atoms with Crippen LogP contribution >= 0.6 is 11.6 Å². The summed E-state index contributed by atoms with van der Waals surface area (Å²) < 4.78 is 1.65. The van der Waals surface area contributed by atoms with Crippen molar-refractivity contribution in [2.75, 3.05) is 0 Å². The van der Waals surface area contributed by atoms with Gasteiger partial charge in [0.2, 0.25) is 0 Å². The van der Waals surface area contributed by atoms with Crippen LogP contribution < -0.4 is 0 Å². The molecule has 22 heavy (non-hydrogen) atoms. The van der Waals surface area contributed by atoms with Gasteiger partial charge in [0.1, 0.15) is 11.4 Å². The van der Waals surface area contributed by atoms with E-state index in [-0.39, 0.29) is 5.75 Å². The van der Waals surface area contributed by atoms with Crippen LogP contribution in [0.3, 0.4) is 0 Å². The molecule has 0 aliphatic carbocycles. The molecule has 112 valence electrons. The van der Waals surface area contributed by atoms with Crippen LogP contribution in [0.2, 0.25) is 5.02 Å². The van der Waals surface area contributed by atoms with Gasteiger partial charge in [-0.25, -0.2) is 0 Å². The van der Waals surface area contributed by atoms with E-state index in [0.29, 0.717) is 29.1 Å². The number of rotatable bonds is 3. The van der Waals surface area contributed by atoms with Crippen molar-refractivity contribution in [3.63, 3.8) is 0 Å². The van der Waals surface area contributed by atoms with E-state index in [1.165, 1.54) is 0 Å². The summed E-state index contributed by atoms with van der Waals surface area (Å²) in [6, 6.07) is 5.42. The predicted molar refractivity (Wildman–Crippen MR) is 86.4 cm³/mol. The maximum Gasteiger partial charge on any atom is 0.125 e. The van der Waals surface area contributed by atoms with Crippen molar-refractivity contribution in [2.45, 2.75) is 26.2 Å². The van der Waals surface area contributed by atoms with Crippen molar-refractivity contribution in [2.24, 2.45) is 7.05 Å². The summed E-state index contributed by atoms with van der Waals surface area (Å²) in [5.74, 6) is 6.22. The Morgan fingerprint density at radius 3 is 2.86 bits per heavy atom. The van der Waals surface area contributed by atoms with E-state index >= 15 is 0 Å². The van der Waals surface area contributed by atoms with Crippen LogP contribution in [0.25, 0.3) is 11.3 Å². The zero-order chi connectivity index (χ0) is 16.1. The van der Waals surface area contributed by atoms with Crippen LogP contribution in [0.5, 0.6) is 5.75 Å².